The maximum atomic E-state index is 5.92. The molecule has 2 nitrogen and oxygen atoms in total. The normalized spacial score (nSPS) is 18.4. The molecule has 1 fully saturated rings. The smallest absolute Gasteiger partial charge is 0.0950 e. The summed E-state index contributed by atoms with van der Waals surface area (Å²) in [6.07, 6.45) is 2.46. The molecule has 0 bridgehead atoms. The Morgan fingerprint density at radius 2 is 2.14 bits per heavy atom. The van der Waals surface area contributed by atoms with Crippen LogP contribution in [0.25, 0.3) is 0 Å². The topological polar surface area (TPSA) is 15.3 Å². The van der Waals surface area contributed by atoms with Crippen LogP contribution in [0.15, 0.2) is 12.1 Å². The van der Waals surface area contributed by atoms with Crippen molar-refractivity contribution in [3.63, 3.8) is 0 Å². The second kappa shape index (κ2) is 4.51. The zero-order chi connectivity index (χ0) is 9.97. The summed E-state index contributed by atoms with van der Waals surface area (Å²) in [6.45, 7) is 2.27. The van der Waals surface area contributed by atoms with Crippen molar-refractivity contribution in [1.82, 2.24) is 5.32 Å². The SMILES string of the molecule is CN(c1ccc(Cl)s1)C1CCNCC1. The molecule has 0 unspecified atom stereocenters. The third-order valence-electron chi connectivity index (χ3n) is 2.76. The van der Waals surface area contributed by atoms with Crippen LogP contribution in [0.3, 0.4) is 0 Å². The van der Waals surface area contributed by atoms with Gasteiger partial charge >= 0.3 is 0 Å². The van der Waals surface area contributed by atoms with E-state index in [1.165, 1.54) is 17.8 Å². The van der Waals surface area contributed by atoms with Crippen molar-refractivity contribution < 1.29 is 0 Å². The highest BCUT2D eigenvalue weighted by molar-refractivity contribution is 7.19. The Morgan fingerprint density at radius 3 is 2.71 bits per heavy atom. The van der Waals surface area contributed by atoms with Crippen molar-refractivity contribution >= 4 is 27.9 Å². The molecule has 2 rings (SSSR count). The van der Waals surface area contributed by atoms with Crippen molar-refractivity contribution in [2.45, 2.75) is 18.9 Å². The van der Waals surface area contributed by atoms with Gasteiger partial charge in [0, 0.05) is 13.1 Å². The summed E-state index contributed by atoms with van der Waals surface area (Å²) in [5, 5.41) is 4.66. The highest BCUT2D eigenvalue weighted by atomic mass is 35.5. The fourth-order valence-corrected chi connectivity index (χ4v) is 2.93. The number of anilines is 1. The average Bonchev–Trinajstić information content (AvgIpc) is 2.65. The molecule has 1 aliphatic rings. The molecule has 0 spiro atoms. The van der Waals surface area contributed by atoms with Crippen molar-refractivity contribution in [1.29, 1.82) is 0 Å². The van der Waals surface area contributed by atoms with Gasteiger partial charge in [-0.25, -0.2) is 0 Å². The third kappa shape index (κ3) is 2.22. The molecule has 1 aromatic heterocycles. The van der Waals surface area contributed by atoms with Crippen LogP contribution in [0, 0.1) is 0 Å². The van der Waals surface area contributed by atoms with Gasteiger partial charge in [-0.1, -0.05) is 11.6 Å². The van der Waals surface area contributed by atoms with Crippen molar-refractivity contribution in [2.24, 2.45) is 0 Å². The molecule has 1 N–H and O–H groups in total. The Hall–Kier alpha value is -0.250. The Morgan fingerprint density at radius 1 is 1.43 bits per heavy atom. The van der Waals surface area contributed by atoms with E-state index in [1.807, 2.05) is 6.07 Å². The number of halogens is 1. The molecule has 1 aliphatic heterocycles. The van der Waals surface area contributed by atoms with E-state index in [0.717, 1.165) is 17.4 Å². The summed E-state index contributed by atoms with van der Waals surface area (Å²) < 4.78 is 0.876. The van der Waals surface area contributed by atoms with Gasteiger partial charge in [0.05, 0.1) is 9.34 Å². The number of nitrogens with one attached hydrogen (secondary N) is 1. The largest absolute Gasteiger partial charge is 0.363 e. The summed E-state index contributed by atoms with van der Waals surface area (Å²) in [4.78, 5) is 2.36. The minimum atomic E-state index is 0.672. The van der Waals surface area contributed by atoms with E-state index < -0.39 is 0 Å². The summed E-state index contributed by atoms with van der Waals surface area (Å²) >= 11 is 7.58. The number of hydrogen-bond donors (Lipinski definition) is 1. The van der Waals surface area contributed by atoms with Crippen LogP contribution in [0.4, 0.5) is 5.00 Å². The van der Waals surface area contributed by atoms with Gasteiger partial charge in [-0.3, -0.25) is 0 Å². The Labute approximate surface area is 93.9 Å². The Bertz CT molecular complexity index is 294. The van der Waals surface area contributed by atoms with Gasteiger partial charge in [0.1, 0.15) is 0 Å². The van der Waals surface area contributed by atoms with E-state index in [2.05, 4.69) is 23.3 Å². The van der Waals surface area contributed by atoms with E-state index in [0.29, 0.717) is 6.04 Å². The van der Waals surface area contributed by atoms with Crippen LogP contribution in [-0.2, 0) is 0 Å². The van der Waals surface area contributed by atoms with Crippen LogP contribution < -0.4 is 10.2 Å². The first kappa shape index (κ1) is 10.3. The minimum Gasteiger partial charge on any atom is -0.363 e. The second-order valence-electron chi connectivity index (χ2n) is 3.67. The van der Waals surface area contributed by atoms with Crippen LogP contribution in [-0.4, -0.2) is 26.2 Å². The summed E-state index contributed by atoms with van der Waals surface area (Å²) in [7, 11) is 2.16. The zero-order valence-electron chi connectivity index (χ0n) is 8.29. The van der Waals surface area contributed by atoms with Crippen molar-refractivity contribution in [2.75, 3.05) is 25.0 Å². The number of piperidine rings is 1. The van der Waals surface area contributed by atoms with Gasteiger partial charge in [-0.2, -0.15) is 0 Å². The molecule has 4 heteroatoms. The summed E-state index contributed by atoms with van der Waals surface area (Å²) in [5.41, 5.74) is 0. The monoisotopic (exact) mass is 230 g/mol. The first-order valence-corrected chi connectivity index (χ1v) is 6.15. The minimum absolute atomic E-state index is 0.672. The van der Waals surface area contributed by atoms with E-state index in [1.54, 1.807) is 11.3 Å². The number of nitrogens with zero attached hydrogens (tertiary/aromatic N) is 1. The fourth-order valence-electron chi connectivity index (χ4n) is 1.87. The highest BCUT2D eigenvalue weighted by Gasteiger charge is 2.18. The lowest BCUT2D eigenvalue weighted by atomic mass is 10.1. The van der Waals surface area contributed by atoms with E-state index in [4.69, 9.17) is 11.6 Å². The highest BCUT2D eigenvalue weighted by Crippen LogP contribution is 2.31. The molecular weight excluding hydrogens is 216 g/mol. The van der Waals surface area contributed by atoms with Gasteiger partial charge in [0.25, 0.3) is 0 Å². The Balaban J connectivity index is 2.03. The van der Waals surface area contributed by atoms with Gasteiger partial charge < -0.3 is 10.2 Å². The number of rotatable bonds is 2. The second-order valence-corrected chi connectivity index (χ2v) is 5.36. The van der Waals surface area contributed by atoms with Crippen molar-refractivity contribution in [3.05, 3.63) is 16.5 Å². The van der Waals surface area contributed by atoms with Crippen LogP contribution >= 0.6 is 22.9 Å². The molecule has 1 aromatic rings. The predicted octanol–water partition coefficient (Wildman–Crippen LogP) is 2.59. The van der Waals surface area contributed by atoms with Crippen molar-refractivity contribution in [3.8, 4) is 0 Å². The molecule has 2 heterocycles. The molecule has 0 aliphatic carbocycles. The molecule has 1 saturated heterocycles. The first-order chi connectivity index (χ1) is 6.77. The van der Waals surface area contributed by atoms with Gasteiger partial charge in [-0.05, 0) is 38.1 Å². The number of thiophene rings is 1. The molecule has 78 valence electrons. The molecule has 0 aromatic carbocycles. The predicted molar refractivity (Wildman–Crippen MR) is 63.6 cm³/mol. The fraction of sp³-hybridized carbons (Fsp3) is 0.600. The van der Waals surface area contributed by atoms with Crippen LogP contribution in [0.1, 0.15) is 12.8 Å². The van der Waals surface area contributed by atoms with E-state index >= 15 is 0 Å². The average molecular weight is 231 g/mol. The zero-order valence-corrected chi connectivity index (χ0v) is 9.87. The standard InChI is InChI=1S/C10H15ClN2S/c1-13(8-4-6-12-7-5-8)10-3-2-9(11)14-10/h2-3,8,12H,4-7H2,1H3. The molecule has 0 atom stereocenters. The van der Waals surface area contributed by atoms with Crippen LogP contribution in [0.2, 0.25) is 4.34 Å². The summed E-state index contributed by atoms with van der Waals surface area (Å²) in [6, 6.07) is 4.75. The van der Waals surface area contributed by atoms with Gasteiger partial charge in [0.15, 0.2) is 0 Å². The van der Waals surface area contributed by atoms with E-state index in [-0.39, 0.29) is 0 Å². The summed E-state index contributed by atoms with van der Waals surface area (Å²) in [5.74, 6) is 0. The third-order valence-corrected chi connectivity index (χ3v) is 4.08. The lowest BCUT2D eigenvalue weighted by Gasteiger charge is -2.32. The van der Waals surface area contributed by atoms with Gasteiger partial charge in [0.2, 0.25) is 0 Å². The number of hydrogen-bond acceptors (Lipinski definition) is 3. The van der Waals surface area contributed by atoms with Gasteiger partial charge in [-0.15, -0.1) is 11.3 Å². The quantitative estimate of drug-likeness (QED) is 0.840. The Kier molecular flexibility index (Phi) is 3.31. The molecule has 0 amide bonds. The van der Waals surface area contributed by atoms with E-state index in [9.17, 15) is 0 Å². The maximum Gasteiger partial charge on any atom is 0.0950 e. The molecule has 0 saturated carbocycles. The molecule has 14 heavy (non-hydrogen) atoms. The molecule has 0 radical (unpaired) electrons. The maximum absolute atomic E-state index is 5.92. The van der Waals surface area contributed by atoms with Crippen LogP contribution in [0.5, 0.6) is 0 Å². The molecular formula is C10H15ClN2S. The first-order valence-electron chi connectivity index (χ1n) is 4.96. The lowest BCUT2D eigenvalue weighted by molar-refractivity contribution is 0.444. The lowest BCUT2D eigenvalue weighted by Crippen LogP contribution is -2.40.